The van der Waals surface area contributed by atoms with Crippen LogP contribution in [-0.2, 0) is 16.6 Å². The molecule has 0 saturated carbocycles. The van der Waals surface area contributed by atoms with E-state index in [0.717, 1.165) is 23.4 Å². The van der Waals surface area contributed by atoms with E-state index in [1.807, 2.05) is 36.4 Å². The predicted octanol–water partition coefficient (Wildman–Crippen LogP) is 4.17. The molecule has 1 aliphatic rings. The van der Waals surface area contributed by atoms with Crippen LogP contribution in [0.5, 0.6) is 5.75 Å². The van der Waals surface area contributed by atoms with E-state index in [0.29, 0.717) is 6.61 Å². The van der Waals surface area contributed by atoms with Gasteiger partial charge in [-0.05, 0) is 41.2 Å². The van der Waals surface area contributed by atoms with Gasteiger partial charge in [0.15, 0.2) is 0 Å². The molecule has 3 heteroatoms. The third kappa shape index (κ3) is 3.55. The minimum Gasteiger partial charge on any atom is -0.492 e. The molecule has 2 aromatic rings. The molecule has 0 bridgehead atoms. The Morgan fingerprint density at radius 3 is 2.48 bits per heavy atom. The van der Waals surface area contributed by atoms with Crippen LogP contribution in [0.25, 0.3) is 0 Å². The third-order valence-electron chi connectivity index (χ3n) is 4.27. The Morgan fingerprint density at radius 2 is 1.78 bits per heavy atom. The normalized spacial score (nSPS) is 17.1. The highest BCUT2D eigenvalue weighted by molar-refractivity contribution is 5.93. The van der Waals surface area contributed by atoms with Gasteiger partial charge in [-0.15, -0.1) is 0 Å². The van der Waals surface area contributed by atoms with Crippen LogP contribution in [0.3, 0.4) is 0 Å². The largest absolute Gasteiger partial charge is 0.492 e. The number of fused-ring (bicyclic) bond motifs is 1. The topological polar surface area (TPSA) is 38.3 Å². The summed E-state index contributed by atoms with van der Waals surface area (Å²) in [7, 11) is 0. The lowest BCUT2D eigenvalue weighted by Crippen LogP contribution is -2.32. The van der Waals surface area contributed by atoms with Crippen LogP contribution in [0.1, 0.15) is 31.9 Å². The first-order valence-corrected chi connectivity index (χ1v) is 8.05. The molecule has 3 rings (SSSR count). The van der Waals surface area contributed by atoms with Gasteiger partial charge in [-0.1, -0.05) is 51.1 Å². The highest BCUT2D eigenvalue weighted by atomic mass is 16.5. The SMILES string of the molecule is CC(C)(C)c1ccc(NC(=O)[C@H]2COc3ccccc3C2)cc1. The Labute approximate surface area is 137 Å². The zero-order chi connectivity index (χ0) is 16.4. The first-order valence-electron chi connectivity index (χ1n) is 8.05. The van der Waals surface area contributed by atoms with E-state index >= 15 is 0 Å². The molecule has 0 radical (unpaired) electrons. The minimum absolute atomic E-state index is 0.0167. The fraction of sp³-hybridized carbons (Fsp3) is 0.350. The first-order chi connectivity index (χ1) is 10.9. The molecule has 2 aromatic carbocycles. The van der Waals surface area contributed by atoms with Gasteiger partial charge in [0, 0.05) is 5.69 Å². The summed E-state index contributed by atoms with van der Waals surface area (Å²) in [6, 6.07) is 16.0. The lowest BCUT2D eigenvalue weighted by atomic mass is 9.87. The average molecular weight is 309 g/mol. The van der Waals surface area contributed by atoms with Gasteiger partial charge in [-0.25, -0.2) is 0 Å². The van der Waals surface area contributed by atoms with Gasteiger partial charge in [0.25, 0.3) is 0 Å². The van der Waals surface area contributed by atoms with Crippen molar-refractivity contribution in [1.82, 2.24) is 0 Å². The van der Waals surface area contributed by atoms with Crippen LogP contribution in [0, 0.1) is 5.92 Å². The maximum atomic E-state index is 12.5. The molecule has 0 saturated heterocycles. The Hall–Kier alpha value is -2.29. The summed E-state index contributed by atoms with van der Waals surface area (Å²) >= 11 is 0. The average Bonchev–Trinajstić information content (AvgIpc) is 2.54. The van der Waals surface area contributed by atoms with E-state index in [-0.39, 0.29) is 17.2 Å². The van der Waals surface area contributed by atoms with Gasteiger partial charge in [-0.2, -0.15) is 0 Å². The lowest BCUT2D eigenvalue weighted by molar-refractivity contribution is -0.121. The van der Waals surface area contributed by atoms with E-state index in [4.69, 9.17) is 4.74 Å². The molecule has 1 amide bonds. The molecule has 1 N–H and O–H groups in total. The molecule has 0 fully saturated rings. The second kappa shape index (κ2) is 6.07. The van der Waals surface area contributed by atoms with Crippen molar-refractivity contribution >= 4 is 11.6 Å². The molecule has 23 heavy (non-hydrogen) atoms. The number of rotatable bonds is 2. The maximum absolute atomic E-state index is 12.5. The molecular weight excluding hydrogens is 286 g/mol. The maximum Gasteiger partial charge on any atom is 0.231 e. The van der Waals surface area contributed by atoms with Crippen molar-refractivity contribution in [3.05, 3.63) is 59.7 Å². The Balaban J connectivity index is 1.66. The number of carbonyl (C=O) groups is 1. The Morgan fingerprint density at radius 1 is 1.09 bits per heavy atom. The predicted molar refractivity (Wildman–Crippen MR) is 92.9 cm³/mol. The zero-order valence-electron chi connectivity index (χ0n) is 13.9. The number of ether oxygens (including phenoxy) is 1. The minimum atomic E-state index is -0.146. The van der Waals surface area contributed by atoms with Gasteiger partial charge < -0.3 is 10.1 Å². The van der Waals surface area contributed by atoms with Crippen LogP contribution < -0.4 is 10.1 Å². The van der Waals surface area contributed by atoms with E-state index < -0.39 is 0 Å². The van der Waals surface area contributed by atoms with Crippen LogP contribution in [0.2, 0.25) is 0 Å². The molecule has 1 atom stereocenters. The van der Waals surface area contributed by atoms with Crippen molar-refractivity contribution in [3.8, 4) is 5.75 Å². The van der Waals surface area contributed by atoms with Crippen molar-refractivity contribution in [3.63, 3.8) is 0 Å². The Bertz CT molecular complexity index is 698. The third-order valence-corrected chi connectivity index (χ3v) is 4.27. The molecule has 1 aliphatic heterocycles. The molecule has 0 aliphatic carbocycles. The Kier molecular flexibility index (Phi) is 4.12. The summed E-state index contributed by atoms with van der Waals surface area (Å²) < 4.78 is 5.70. The molecular formula is C20H23NO2. The zero-order valence-corrected chi connectivity index (χ0v) is 13.9. The van der Waals surface area contributed by atoms with Gasteiger partial charge in [0.05, 0.1) is 5.92 Å². The fourth-order valence-corrected chi connectivity index (χ4v) is 2.79. The summed E-state index contributed by atoms with van der Waals surface area (Å²) in [5.41, 5.74) is 3.30. The monoisotopic (exact) mass is 309 g/mol. The van der Waals surface area contributed by atoms with Crippen molar-refractivity contribution in [2.75, 3.05) is 11.9 Å². The molecule has 3 nitrogen and oxygen atoms in total. The number of anilines is 1. The number of carbonyl (C=O) groups excluding carboxylic acids is 1. The first kappa shape index (κ1) is 15.6. The summed E-state index contributed by atoms with van der Waals surface area (Å²) in [6.45, 7) is 6.97. The van der Waals surface area contributed by atoms with E-state index in [9.17, 15) is 4.79 Å². The summed E-state index contributed by atoms with van der Waals surface area (Å²) in [5.74, 6) is 0.765. The number of nitrogens with one attached hydrogen (secondary N) is 1. The van der Waals surface area contributed by atoms with Gasteiger partial charge in [0.1, 0.15) is 12.4 Å². The number of para-hydroxylation sites is 1. The van der Waals surface area contributed by atoms with Crippen molar-refractivity contribution in [1.29, 1.82) is 0 Å². The lowest BCUT2D eigenvalue weighted by Gasteiger charge is -2.24. The quantitative estimate of drug-likeness (QED) is 0.904. The molecule has 120 valence electrons. The molecule has 0 spiro atoms. The second-order valence-electron chi connectivity index (χ2n) is 7.14. The second-order valence-corrected chi connectivity index (χ2v) is 7.14. The summed E-state index contributed by atoms with van der Waals surface area (Å²) in [5, 5.41) is 3.00. The van der Waals surface area contributed by atoms with E-state index in [2.05, 4.69) is 38.2 Å². The van der Waals surface area contributed by atoms with Gasteiger partial charge in [-0.3, -0.25) is 4.79 Å². The van der Waals surface area contributed by atoms with Crippen molar-refractivity contribution < 1.29 is 9.53 Å². The van der Waals surface area contributed by atoms with Crippen LogP contribution in [-0.4, -0.2) is 12.5 Å². The number of benzene rings is 2. The number of hydrogen-bond acceptors (Lipinski definition) is 2. The summed E-state index contributed by atoms with van der Waals surface area (Å²) in [6.07, 6.45) is 0.724. The standard InChI is InChI=1S/C20H23NO2/c1-20(2,3)16-8-10-17(11-9-16)21-19(22)15-12-14-6-4-5-7-18(14)23-13-15/h4-11,15H,12-13H2,1-3H3,(H,21,22)/t15-/m1/s1. The van der Waals surface area contributed by atoms with Crippen LogP contribution in [0.15, 0.2) is 48.5 Å². The molecule has 1 heterocycles. The van der Waals surface area contributed by atoms with Gasteiger partial charge >= 0.3 is 0 Å². The van der Waals surface area contributed by atoms with Crippen LogP contribution in [0.4, 0.5) is 5.69 Å². The van der Waals surface area contributed by atoms with Crippen molar-refractivity contribution in [2.24, 2.45) is 5.92 Å². The number of hydrogen-bond donors (Lipinski definition) is 1. The van der Waals surface area contributed by atoms with Crippen molar-refractivity contribution in [2.45, 2.75) is 32.6 Å². The fourth-order valence-electron chi connectivity index (χ4n) is 2.79. The highest BCUT2D eigenvalue weighted by Gasteiger charge is 2.25. The smallest absolute Gasteiger partial charge is 0.231 e. The van der Waals surface area contributed by atoms with Crippen LogP contribution >= 0.6 is 0 Å². The van der Waals surface area contributed by atoms with E-state index in [1.165, 1.54) is 5.56 Å². The van der Waals surface area contributed by atoms with E-state index in [1.54, 1.807) is 0 Å². The highest BCUT2D eigenvalue weighted by Crippen LogP contribution is 2.28. The molecule has 0 aromatic heterocycles. The van der Waals surface area contributed by atoms with Gasteiger partial charge in [0.2, 0.25) is 5.91 Å². The summed E-state index contributed by atoms with van der Waals surface area (Å²) in [4.78, 5) is 12.5. The number of amides is 1. The molecule has 0 unspecified atom stereocenters.